The molecule has 2 N–H and O–H groups in total. The van der Waals surface area contributed by atoms with Crippen molar-refractivity contribution in [3.05, 3.63) is 64.2 Å². The summed E-state index contributed by atoms with van der Waals surface area (Å²) in [5.74, 6) is 0.732. The number of aromatic amines is 1. The summed E-state index contributed by atoms with van der Waals surface area (Å²) in [6.45, 7) is 7.37. The number of nitrogens with zero attached hydrogens (tertiary/aromatic N) is 3. The van der Waals surface area contributed by atoms with E-state index in [0.717, 1.165) is 16.6 Å². The first-order valence-corrected chi connectivity index (χ1v) is 7.29. The minimum atomic E-state index is -0.183. The number of anilines is 2. The number of nitrogens with one attached hydrogen (secondary N) is 2. The van der Waals surface area contributed by atoms with Crippen molar-refractivity contribution in [2.24, 2.45) is 0 Å². The minimum Gasteiger partial charge on any atom is -0.294 e. The summed E-state index contributed by atoms with van der Waals surface area (Å²) in [4.78, 5) is 28.0. The van der Waals surface area contributed by atoms with Gasteiger partial charge in [0.1, 0.15) is 0 Å². The van der Waals surface area contributed by atoms with E-state index in [1.807, 2.05) is 31.2 Å². The van der Waals surface area contributed by atoms with E-state index in [4.69, 9.17) is 0 Å². The number of hydrogen-bond acceptors (Lipinski definition) is 5. The molecule has 0 saturated carbocycles. The standard InChI is InChI=1S/C17H17N5O/c1-4-7-13-11(3)19-17(21-15(13)23)22-16-18-10(2)12-8-5-6-9-14(12)20-16/h4-6,8-9H,1,7H2,2-3H3,(H2,18,19,20,21,22,23). The summed E-state index contributed by atoms with van der Waals surface area (Å²) >= 11 is 0. The highest BCUT2D eigenvalue weighted by molar-refractivity contribution is 5.81. The first-order chi connectivity index (χ1) is 11.1. The second-order valence-electron chi connectivity index (χ2n) is 5.25. The van der Waals surface area contributed by atoms with Crippen molar-refractivity contribution >= 4 is 22.8 Å². The Morgan fingerprint density at radius 3 is 2.70 bits per heavy atom. The van der Waals surface area contributed by atoms with E-state index in [1.54, 1.807) is 13.0 Å². The first-order valence-electron chi connectivity index (χ1n) is 7.29. The lowest BCUT2D eigenvalue weighted by atomic mass is 10.2. The van der Waals surface area contributed by atoms with E-state index >= 15 is 0 Å². The van der Waals surface area contributed by atoms with Gasteiger partial charge in [-0.25, -0.2) is 15.0 Å². The molecule has 2 aromatic heterocycles. The van der Waals surface area contributed by atoms with Crippen LogP contribution in [0.25, 0.3) is 10.9 Å². The van der Waals surface area contributed by atoms with Crippen LogP contribution in [0.3, 0.4) is 0 Å². The highest BCUT2D eigenvalue weighted by Gasteiger charge is 2.09. The van der Waals surface area contributed by atoms with Gasteiger partial charge in [-0.1, -0.05) is 24.3 Å². The van der Waals surface area contributed by atoms with Crippen LogP contribution in [0.1, 0.15) is 17.0 Å². The van der Waals surface area contributed by atoms with Crippen molar-refractivity contribution in [1.82, 2.24) is 19.9 Å². The number of allylic oxidation sites excluding steroid dienone is 1. The molecular weight excluding hydrogens is 290 g/mol. The minimum absolute atomic E-state index is 0.183. The number of fused-ring (bicyclic) bond motifs is 1. The van der Waals surface area contributed by atoms with Gasteiger partial charge < -0.3 is 0 Å². The predicted molar refractivity (Wildman–Crippen MR) is 91.1 cm³/mol. The Kier molecular flexibility index (Phi) is 3.89. The Balaban J connectivity index is 1.99. The number of benzene rings is 1. The molecule has 116 valence electrons. The van der Waals surface area contributed by atoms with Gasteiger partial charge in [0.15, 0.2) is 0 Å². The molecule has 0 aliphatic rings. The molecule has 3 rings (SSSR count). The molecule has 0 amide bonds. The Hall–Kier alpha value is -3.02. The molecule has 2 heterocycles. The van der Waals surface area contributed by atoms with Gasteiger partial charge >= 0.3 is 0 Å². The Morgan fingerprint density at radius 1 is 1.17 bits per heavy atom. The summed E-state index contributed by atoms with van der Waals surface area (Å²) in [7, 11) is 0. The molecule has 0 spiro atoms. The normalized spacial score (nSPS) is 10.7. The van der Waals surface area contributed by atoms with Crippen LogP contribution in [0, 0.1) is 13.8 Å². The van der Waals surface area contributed by atoms with Crippen LogP contribution in [0.5, 0.6) is 0 Å². The molecule has 0 aliphatic carbocycles. The molecule has 6 heteroatoms. The van der Waals surface area contributed by atoms with Crippen LogP contribution >= 0.6 is 0 Å². The Labute approximate surface area is 133 Å². The fraction of sp³-hybridized carbons (Fsp3) is 0.176. The summed E-state index contributed by atoms with van der Waals surface area (Å²) in [6, 6.07) is 7.77. The van der Waals surface area contributed by atoms with Crippen LogP contribution in [0.15, 0.2) is 41.7 Å². The molecule has 0 radical (unpaired) electrons. The second-order valence-corrected chi connectivity index (χ2v) is 5.25. The van der Waals surface area contributed by atoms with Gasteiger partial charge in [0.05, 0.1) is 16.9 Å². The number of para-hydroxylation sites is 1. The predicted octanol–water partition coefficient (Wildman–Crippen LogP) is 2.80. The van der Waals surface area contributed by atoms with Gasteiger partial charge in [-0.05, 0) is 26.3 Å². The summed E-state index contributed by atoms with van der Waals surface area (Å²) in [6.07, 6.45) is 2.17. The zero-order chi connectivity index (χ0) is 16.4. The molecule has 0 bridgehead atoms. The van der Waals surface area contributed by atoms with Crippen molar-refractivity contribution in [1.29, 1.82) is 0 Å². The average molecular weight is 307 g/mol. The summed E-state index contributed by atoms with van der Waals surface area (Å²) in [5.41, 5.74) is 2.79. The maximum atomic E-state index is 12.1. The topological polar surface area (TPSA) is 83.6 Å². The fourth-order valence-corrected chi connectivity index (χ4v) is 2.45. The monoisotopic (exact) mass is 307 g/mol. The van der Waals surface area contributed by atoms with E-state index in [9.17, 15) is 4.79 Å². The van der Waals surface area contributed by atoms with Crippen molar-refractivity contribution in [3.63, 3.8) is 0 Å². The molecule has 23 heavy (non-hydrogen) atoms. The average Bonchev–Trinajstić information content (AvgIpc) is 2.51. The van der Waals surface area contributed by atoms with Crippen LogP contribution in [-0.4, -0.2) is 19.9 Å². The maximum absolute atomic E-state index is 12.1. The first kappa shape index (κ1) is 14.9. The fourth-order valence-electron chi connectivity index (χ4n) is 2.45. The molecule has 0 aliphatic heterocycles. The van der Waals surface area contributed by atoms with Gasteiger partial charge in [0, 0.05) is 10.9 Å². The van der Waals surface area contributed by atoms with Crippen molar-refractivity contribution in [2.75, 3.05) is 5.32 Å². The maximum Gasteiger partial charge on any atom is 0.256 e. The summed E-state index contributed by atoms with van der Waals surface area (Å²) in [5, 5.41) is 3.97. The number of aryl methyl sites for hydroxylation is 2. The number of rotatable bonds is 4. The molecular formula is C17H17N5O. The third-order valence-corrected chi connectivity index (χ3v) is 3.59. The highest BCUT2D eigenvalue weighted by atomic mass is 16.1. The van der Waals surface area contributed by atoms with Crippen LogP contribution in [-0.2, 0) is 6.42 Å². The van der Waals surface area contributed by atoms with Gasteiger partial charge in [0.2, 0.25) is 11.9 Å². The van der Waals surface area contributed by atoms with Crippen molar-refractivity contribution < 1.29 is 0 Å². The molecule has 1 aromatic carbocycles. The van der Waals surface area contributed by atoms with Gasteiger partial charge in [0.25, 0.3) is 5.56 Å². The number of hydrogen-bond donors (Lipinski definition) is 2. The van der Waals surface area contributed by atoms with E-state index in [-0.39, 0.29) is 5.56 Å². The van der Waals surface area contributed by atoms with Gasteiger partial charge in [-0.3, -0.25) is 15.1 Å². The third-order valence-electron chi connectivity index (χ3n) is 3.59. The third kappa shape index (κ3) is 2.96. The lowest BCUT2D eigenvalue weighted by Gasteiger charge is -2.09. The number of aromatic nitrogens is 4. The SMILES string of the molecule is C=CCc1c(C)nc(Nc2nc(C)c3ccccc3n2)[nH]c1=O. The Bertz CT molecular complexity index is 945. The second kappa shape index (κ2) is 6.00. The summed E-state index contributed by atoms with van der Waals surface area (Å²) < 4.78 is 0. The van der Waals surface area contributed by atoms with Crippen molar-refractivity contribution in [3.8, 4) is 0 Å². The smallest absolute Gasteiger partial charge is 0.256 e. The lowest BCUT2D eigenvalue weighted by molar-refractivity contribution is 0.990. The largest absolute Gasteiger partial charge is 0.294 e. The molecule has 0 atom stereocenters. The van der Waals surface area contributed by atoms with Crippen LogP contribution in [0.4, 0.5) is 11.9 Å². The molecule has 3 aromatic rings. The molecule has 0 saturated heterocycles. The van der Waals surface area contributed by atoms with Crippen LogP contribution in [0.2, 0.25) is 0 Å². The van der Waals surface area contributed by atoms with E-state index in [0.29, 0.717) is 29.6 Å². The zero-order valence-corrected chi connectivity index (χ0v) is 13.1. The zero-order valence-electron chi connectivity index (χ0n) is 13.1. The van der Waals surface area contributed by atoms with Gasteiger partial charge in [-0.2, -0.15) is 0 Å². The molecule has 0 unspecified atom stereocenters. The van der Waals surface area contributed by atoms with E-state index in [1.165, 1.54) is 0 Å². The van der Waals surface area contributed by atoms with Crippen molar-refractivity contribution in [2.45, 2.75) is 20.3 Å². The lowest BCUT2D eigenvalue weighted by Crippen LogP contribution is -2.18. The van der Waals surface area contributed by atoms with Gasteiger partial charge in [-0.15, -0.1) is 6.58 Å². The van der Waals surface area contributed by atoms with Crippen LogP contribution < -0.4 is 10.9 Å². The number of H-pyrrole nitrogens is 1. The quantitative estimate of drug-likeness (QED) is 0.724. The molecule has 0 fully saturated rings. The van der Waals surface area contributed by atoms with E-state index in [2.05, 4.69) is 31.8 Å². The highest BCUT2D eigenvalue weighted by Crippen LogP contribution is 2.18. The van der Waals surface area contributed by atoms with E-state index < -0.39 is 0 Å². The molecule has 6 nitrogen and oxygen atoms in total. The Morgan fingerprint density at radius 2 is 1.96 bits per heavy atom.